The zero-order valence-electron chi connectivity index (χ0n) is 28.7. The van der Waals surface area contributed by atoms with Crippen LogP contribution in [0.25, 0.3) is 0 Å². The van der Waals surface area contributed by atoms with E-state index in [9.17, 15) is 15.0 Å². The standard InChI is InChI=1S/C40H41IN4O4/c1-7-26-19(2)29-17-34-37(23(6)49-18-24-9-8-10-25(41)13-24)21(4)31(43-34)15-30-20(3)27(11-12-36(47)48)39(44-30)28-14-35(46)38-22(5)32(45-40(28)38)16-33(26)42-29/h8-10,13,15-17,20,23,27,44,46H,7,11-12,14,18H2,1-6H3,(H,47,48)/t20-,23?,27-/m0/s1. The largest absolute Gasteiger partial charge is 0.511 e. The molecule has 8 nitrogen and oxygen atoms in total. The molecule has 8 bridgehead atoms. The summed E-state index contributed by atoms with van der Waals surface area (Å²) in [7, 11) is 0. The van der Waals surface area contributed by atoms with Crippen molar-refractivity contribution in [1.82, 2.24) is 5.32 Å². The third kappa shape index (κ3) is 5.94. The van der Waals surface area contributed by atoms with Gasteiger partial charge in [-0.2, -0.15) is 0 Å². The Kier molecular flexibility index (Phi) is 8.85. The molecule has 3 N–H and O–H groups in total. The highest BCUT2D eigenvalue weighted by Gasteiger charge is 2.41. The van der Waals surface area contributed by atoms with Crippen LogP contribution in [-0.4, -0.2) is 39.4 Å². The lowest BCUT2D eigenvalue weighted by molar-refractivity contribution is -0.137. The molecule has 49 heavy (non-hydrogen) atoms. The van der Waals surface area contributed by atoms with Crippen LogP contribution in [0.1, 0.15) is 72.8 Å². The second kappa shape index (κ2) is 13.0. The summed E-state index contributed by atoms with van der Waals surface area (Å²) in [5, 5.41) is 24.6. The smallest absolute Gasteiger partial charge is 0.303 e. The third-order valence-electron chi connectivity index (χ3n) is 10.6. The molecule has 0 radical (unpaired) electrons. The van der Waals surface area contributed by atoms with Crippen molar-refractivity contribution in [2.24, 2.45) is 26.8 Å². The second-order valence-electron chi connectivity index (χ2n) is 13.5. The molecule has 0 aromatic heterocycles. The van der Waals surface area contributed by atoms with Crippen LogP contribution >= 0.6 is 22.6 Å². The maximum atomic E-state index is 11.8. The summed E-state index contributed by atoms with van der Waals surface area (Å²) in [5.74, 6) is -0.610. The van der Waals surface area contributed by atoms with Gasteiger partial charge in [0.2, 0.25) is 0 Å². The van der Waals surface area contributed by atoms with Gasteiger partial charge >= 0.3 is 5.97 Å². The minimum Gasteiger partial charge on any atom is -0.511 e. The SMILES string of the molecule is CCC1=C(C)C2=NC1=CC1=C(C)C3=C(O)CC(=C4NC(=CC5=NC(=C2)C(C(C)OCc2cccc(I)c2)=C5C)[C@@H](C)[C@@H]4CCC(=O)O)C3=N1. The van der Waals surface area contributed by atoms with E-state index in [0.29, 0.717) is 25.2 Å². The van der Waals surface area contributed by atoms with Gasteiger partial charge in [0.25, 0.3) is 0 Å². The first-order valence-corrected chi connectivity index (χ1v) is 18.1. The fourth-order valence-corrected chi connectivity index (χ4v) is 8.46. The lowest BCUT2D eigenvalue weighted by Crippen LogP contribution is -2.15. The quantitative estimate of drug-likeness (QED) is 0.229. The molecular weight excluding hydrogens is 727 g/mol. The minimum atomic E-state index is -0.825. The first-order chi connectivity index (χ1) is 23.4. The van der Waals surface area contributed by atoms with Crippen molar-refractivity contribution in [3.8, 4) is 0 Å². The molecule has 1 aromatic rings. The number of aliphatic imine (C=N–C) groups is 3. The Labute approximate surface area is 301 Å². The monoisotopic (exact) mass is 768 g/mol. The average Bonchev–Trinajstić information content (AvgIpc) is 3.81. The Hall–Kier alpha value is -4.09. The summed E-state index contributed by atoms with van der Waals surface area (Å²) < 4.78 is 7.68. The molecule has 6 aliphatic rings. The summed E-state index contributed by atoms with van der Waals surface area (Å²) in [5.41, 5.74) is 14.9. The van der Waals surface area contributed by atoms with Gasteiger partial charge in [-0.1, -0.05) is 26.0 Å². The van der Waals surface area contributed by atoms with E-state index in [1.165, 1.54) is 3.57 Å². The van der Waals surface area contributed by atoms with Crippen LogP contribution in [0.4, 0.5) is 0 Å². The van der Waals surface area contributed by atoms with Crippen molar-refractivity contribution in [2.45, 2.75) is 79.9 Å². The number of carboxylic acids is 1. The van der Waals surface area contributed by atoms with Gasteiger partial charge in [-0.05, 0) is 121 Å². The minimum absolute atomic E-state index is 0.000239. The molecule has 5 aliphatic heterocycles. The molecule has 0 spiro atoms. The second-order valence-corrected chi connectivity index (χ2v) is 14.8. The number of benzene rings is 1. The topological polar surface area (TPSA) is 116 Å². The number of fused-ring (bicyclic) bond motifs is 5. The molecular formula is C40H41IN4O4. The van der Waals surface area contributed by atoms with Crippen LogP contribution in [0.15, 0.2) is 131 Å². The molecule has 1 aliphatic carbocycles. The van der Waals surface area contributed by atoms with Crippen LogP contribution in [0.2, 0.25) is 0 Å². The Morgan fingerprint density at radius 3 is 2.55 bits per heavy atom. The number of allylic oxidation sites excluding steroid dienone is 11. The zero-order valence-corrected chi connectivity index (χ0v) is 30.9. The van der Waals surface area contributed by atoms with E-state index in [0.717, 1.165) is 96.6 Å². The van der Waals surface area contributed by atoms with Gasteiger partial charge in [0.1, 0.15) is 5.76 Å². The molecule has 0 saturated carbocycles. The molecule has 1 unspecified atom stereocenters. The van der Waals surface area contributed by atoms with E-state index in [4.69, 9.17) is 19.7 Å². The number of aliphatic hydroxyl groups is 1. The number of rotatable bonds is 8. The first-order valence-electron chi connectivity index (χ1n) is 17.0. The number of aliphatic hydroxyl groups excluding tert-OH is 1. The van der Waals surface area contributed by atoms with Crippen molar-refractivity contribution in [3.05, 3.63) is 125 Å². The van der Waals surface area contributed by atoms with Gasteiger partial charge in [0.15, 0.2) is 0 Å². The molecule has 0 amide bonds. The Balaban J connectivity index is 1.39. The molecule has 1 fully saturated rings. The Morgan fingerprint density at radius 2 is 1.82 bits per heavy atom. The van der Waals surface area contributed by atoms with E-state index >= 15 is 0 Å². The number of hydrogen-bond acceptors (Lipinski definition) is 7. The molecule has 252 valence electrons. The fourth-order valence-electron chi connectivity index (χ4n) is 7.85. The number of hydrogen-bond donors (Lipinski definition) is 3. The lowest BCUT2D eigenvalue weighted by atomic mass is 9.86. The Bertz CT molecular complexity index is 2060. The highest BCUT2D eigenvalue weighted by molar-refractivity contribution is 14.1. The van der Waals surface area contributed by atoms with Crippen molar-refractivity contribution in [2.75, 3.05) is 0 Å². The van der Waals surface area contributed by atoms with E-state index in [1.54, 1.807) is 0 Å². The molecule has 9 heteroatoms. The number of nitrogens with one attached hydrogen (secondary N) is 1. The van der Waals surface area contributed by atoms with E-state index in [-0.39, 0.29) is 24.4 Å². The fraction of sp³-hybridized carbons (Fsp3) is 0.350. The van der Waals surface area contributed by atoms with Crippen molar-refractivity contribution >= 4 is 45.7 Å². The molecule has 7 rings (SSSR count). The number of nitrogens with zero attached hydrogens (tertiary/aromatic N) is 3. The highest BCUT2D eigenvalue weighted by atomic mass is 127. The van der Waals surface area contributed by atoms with Gasteiger partial charge in [-0.3, -0.25) is 4.79 Å². The predicted octanol–water partition coefficient (Wildman–Crippen LogP) is 8.73. The van der Waals surface area contributed by atoms with Crippen LogP contribution in [0.5, 0.6) is 0 Å². The summed E-state index contributed by atoms with van der Waals surface area (Å²) in [6.45, 7) is 13.1. The van der Waals surface area contributed by atoms with Crippen molar-refractivity contribution in [3.63, 3.8) is 0 Å². The highest BCUT2D eigenvalue weighted by Crippen LogP contribution is 2.46. The van der Waals surface area contributed by atoms with Crippen LogP contribution in [0.3, 0.4) is 0 Å². The van der Waals surface area contributed by atoms with E-state index in [2.05, 4.69) is 92.9 Å². The first kappa shape index (κ1) is 33.4. The average molecular weight is 769 g/mol. The van der Waals surface area contributed by atoms with Gasteiger partial charge in [-0.15, -0.1) is 0 Å². The summed E-state index contributed by atoms with van der Waals surface area (Å²) in [4.78, 5) is 27.2. The number of carbonyl (C=O) groups is 1. The van der Waals surface area contributed by atoms with Gasteiger partial charge in [0.05, 0.1) is 46.9 Å². The molecule has 5 heterocycles. The lowest BCUT2D eigenvalue weighted by Gasteiger charge is -2.17. The number of aliphatic carboxylic acids is 1. The van der Waals surface area contributed by atoms with Gasteiger partial charge < -0.3 is 20.3 Å². The number of ether oxygens (including phenoxy) is 1. The maximum absolute atomic E-state index is 11.8. The maximum Gasteiger partial charge on any atom is 0.303 e. The van der Waals surface area contributed by atoms with E-state index < -0.39 is 5.97 Å². The van der Waals surface area contributed by atoms with Crippen LogP contribution < -0.4 is 5.32 Å². The predicted molar refractivity (Wildman–Crippen MR) is 202 cm³/mol. The molecule has 1 saturated heterocycles. The molecule has 3 atom stereocenters. The van der Waals surface area contributed by atoms with Crippen LogP contribution in [-0.2, 0) is 16.1 Å². The normalized spacial score (nSPS) is 23.6. The summed E-state index contributed by atoms with van der Waals surface area (Å²) in [6.07, 6.45) is 7.68. The number of carboxylic acid groups (broad SMARTS) is 1. The number of halogens is 1. The van der Waals surface area contributed by atoms with E-state index in [1.807, 2.05) is 19.1 Å². The van der Waals surface area contributed by atoms with Gasteiger partial charge in [-0.25, -0.2) is 15.0 Å². The summed E-state index contributed by atoms with van der Waals surface area (Å²) >= 11 is 2.32. The van der Waals surface area contributed by atoms with Gasteiger partial charge in [0, 0.05) is 56.4 Å². The summed E-state index contributed by atoms with van der Waals surface area (Å²) in [6, 6.07) is 8.34. The third-order valence-corrected chi connectivity index (χ3v) is 11.2. The van der Waals surface area contributed by atoms with Crippen LogP contribution in [0, 0.1) is 15.4 Å². The van der Waals surface area contributed by atoms with Crippen molar-refractivity contribution < 1.29 is 19.7 Å². The Morgan fingerprint density at radius 1 is 1.06 bits per heavy atom. The molecule has 1 aromatic carbocycles. The zero-order chi connectivity index (χ0) is 34.7. The van der Waals surface area contributed by atoms with Crippen molar-refractivity contribution in [1.29, 1.82) is 0 Å².